The molecule has 0 bridgehead atoms. The van der Waals surface area contributed by atoms with Crippen molar-refractivity contribution in [1.82, 2.24) is 4.90 Å². The number of nitrogens with two attached hydrogens (primary N) is 1. The quantitative estimate of drug-likeness (QED) is 0.388. The predicted molar refractivity (Wildman–Crippen MR) is 130 cm³/mol. The molecule has 8 nitrogen and oxygen atoms in total. The van der Waals surface area contributed by atoms with Gasteiger partial charge in [-0.15, -0.1) is 0 Å². The fourth-order valence-electron chi connectivity index (χ4n) is 5.18. The van der Waals surface area contributed by atoms with Gasteiger partial charge in [0.25, 0.3) is 0 Å². The van der Waals surface area contributed by atoms with Gasteiger partial charge < -0.3 is 24.7 Å². The summed E-state index contributed by atoms with van der Waals surface area (Å²) in [7, 11) is 3.35. The summed E-state index contributed by atoms with van der Waals surface area (Å²) in [4.78, 5) is 27.3. The van der Waals surface area contributed by atoms with Gasteiger partial charge in [-0.3, -0.25) is 9.69 Å². The molecule has 1 spiro atoms. The second-order valence-corrected chi connectivity index (χ2v) is 9.19. The summed E-state index contributed by atoms with van der Waals surface area (Å²) in [6.45, 7) is 3.38. The Bertz CT molecular complexity index is 1030. The van der Waals surface area contributed by atoms with Gasteiger partial charge in [0.05, 0.1) is 18.1 Å². The average molecular weight is 483 g/mol. The second kappa shape index (κ2) is 11.2. The first-order chi connectivity index (χ1) is 17.0. The Morgan fingerprint density at radius 2 is 1.89 bits per heavy atom. The van der Waals surface area contributed by atoms with Crippen molar-refractivity contribution in [3.05, 3.63) is 64.7 Å². The Morgan fingerprint density at radius 1 is 1.11 bits per heavy atom. The Hall–Kier alpha value is -2.94. The van der Waals surface area contributed by atoms with Crippen LogP contribution in [0.3, 0.4) is 0 Å². The van der Waals surface area contributed by atoms with E-state index in [-0.39, 0.29) is 5.97 Å². The van der Waals surface area contributed by atoms with Crippen molar-refractivity contribution in [3.63, 3.8) is 0 Å². The number of carbonyl (C=O) groups excluding carboxylic acids is 2. The first-order valence-electron chi connectivity index (χ1n) is 12.0. The first-order valence-corrected chi connectivity index (χ1v) is 12.0. The highest BCUT2D eigenvalue weighted by atomic mass is 16.6. The van der Waals surface area contributed by atoms with Gasteiger partial charge in [-0.2, -0.15) is 0 Å². The molecular formula is C27H34N2O6. The number of fused-ring (bicyclic) bond motifs is 2. The van der Waals surface area contributed by atoms with Crippen LogP contribution in [-0.2, 0) is 37.6 Å². The number of ether oxygens (including phenoxy) is 4. The number of likely N-dealkylation sites (tertiary alicyclic amines) is 1. The molecule has 2 aromatic rings. The number of primary amides is 1. The van der Waals surface area contributed by atoms with Crippen molar-refractivity contribution in [2.24, 2.45) is 11.7 Å². The highest BCUT2D eigenvalue weighted by molar-refractivity contribution is 5.96. The minimum Gasteiger partial charge on any atom is -0.491 e. The molecule has 1 fully saturated rings. The highest BCUT2D eigenvalue weighted by Crippen LogP contribution is 2.47. The molecule has 2 unspecified atom stereocenters. The number of methoxy groups -OCH3 is 2. The number of nitrogens with zero attached hydrogens (tertiary/aromatic N) is 1. The van der Waals surface area contributed by atoms with Crippen LogP contribution in [0.1, 0.15) is 39.9 Å². The highest BCUT2D eigenvalue weighted by Gasteiger charge is 2.55. The van der Waals surface area contributed by atoms with Gasteiger partial charge >= 0.3 is 5.97 Å². The maximum atomic E-state index is 12.6. The lowest BCUT2D eigenvalue weighted by atomic mass is 9.75. The number of carbonyl (C=O) groups is 2. The minimum atomic E-state index is -0.994. The first kappa shape index (κ1) is 25.2. The van der Waals surface area contributed by atoms with Gasteiger partial charge in [0.1, 0.15) is 12.4 Å². The lowest BCUT2D eigenvalue weighted by Gasteiger charge is -2.43. The van der Waals surface area contributed by atoms with E-state index in [0.717, 1.165) is 29.7 Å². The molecule has 35 heavy (non-hydrogen) atoms. The molecule has 2 aliphatic rings. The zero-order valence-electron chi connectivity index (χ0n) is 20.5. The van der Waals surface area contributed by atoms with Crippen LogP contribution in [0.5, 0.6) is 5.75 Å². The number of aryl methyl sites for hydroxylation is 1. The third-order valence-corrected chi connectivity index (χ3v) is 6.83. The van der Waals surface area contributed by atoms with Crippen molar-refractivity contribution < 1.29 is 28.5 Å². The molecule has 0 aliphatic carbocycles. The normalized spacial score (nSPS) is 21.7. The number of esters is 1. The van der Waals surface area contributed by atoms with E-state index in [1.807, 2.05) is 18.2 Å². The van der Waals surface area contributed by atoms with Gasteiger partial charge in [0.15, 0.2) is 5.60 Å². The number of amides is 1. The van der Waals surface area contributed by atoms with E-state index >= 15 is 0 Å². The molecular weight excluding hydrogens is 448 g/mol. The van der Waals surface area contributed by atoms with Crippen LogP contribution in [0.2, 0.25) is 0 Å². The molecule has 2 heterocycles. The summed E-state index contributed by atoms with van der Waals surface area (Å²) in [5.41, 5.74) is 8.42. The van der Waals surface area contributed by atoms with E-state index in [1.165, 1.54) is 5.56 Å². The van der Waals surface area contributed by atoms with E-state index in [0.29, 0.717) is 51.4 Å². The topological polar surface area (TPSA) is 100 Å². The van der Waals surface area contributed by atoms with Crippen LogP contribution in [0.25, 0.3) is 0 Å². The summed E-state index contributed by atoms with van der Waals surface area (Å²) >= 11 is 0. The predicted octanol–water partition coefficient (Wildman–Crippen LogP) is 2.66. The smallest absolute Gasteiger partial charge is 0.339 e. The van der Waals surface area contributed by atoms with Crippen molar-refractivity contribution in [1.29, 1.82) is 0 Å². The largest absolute Gasteiger partial charge is 0.491 e. The van der Waals surface area contributed by atoms with Gasteiger partial charge in [-0.05, 0) is 42.2 Å². The fourth-order valence-corrected chi connectivity index (χ4v) is 5.18. The lowest BCUT2D eigenvalue weighted by molar-refractivity contribution is -0.140. The van der Waals surface area contributed by atoms with E-state index in [4.69, 9.17) is 24.7 Å². The summed E-state index contributed by atoms with van der Waals surface area (Å²) in [5, 5.41) is 0. The number of hydrogen-bond acceptors (Lipinski definition) is 7. The van der Waals surface area contributed by atoms with Gasteiger partial charge in [0, 0.05) is 52.4 Å². The second-order valence-electron chi connectivity index (χ2n) is 9.19. The van der Waals surface area contributed by atoms with Gasteiger partial charge in [-0.1, -0.05) is 24.3 Å². The molecule has 8 heteroatoms. The van der Waals surface area contributed by atoms with Crippen LogP contribution in [0.15, 0.2) is 42.5 Å². The number of piperidine rings is 1. The van der Waals surface area contributed by atoms with E-state index in [9.17, 15) is 9.59 Å². The van der Waals surface area contributed by atoms with Crippen LogP contribution >= 0.6 is 0 Å². The third-order valence-electron chi connectivity index (χ3n) is 6.83. The molecule has 1 saturated heterocycles. The maximum Gasteiger partial charge on any atom is 0.339 e. The SMILES string of the molecule is COCCCc1cc(CN2CCC3(OC(=O)c4ccccc43)C(C(N)=O)C2)cc(OCCOC)c1. The third kappa shape index (κ3) is 5.50. The van der Waals surface area contributed by atoms with E-state index in [2.05, 4.69) is 17.0 Å². The standard InChI is InChI=1S/C27H34N2O6/c1-32-11-5-6-19-14-20(16-21(15-19)34-13-12-33-2)17-29-10-9-27(24(18-29)25(28)30)23-8-4-3-7-22(23)26(31)35-27/h3-4,7-8,14-16,24H,5-6,9-13,17-18H2,1-2H3,(H2,28,30). The minimum absolute atomic E-state index is 0.387. The van der Waals surface area contributed by atoms with Gasteiger partial charge in [-0.25, -0.2) is 4.79 Å². The zero-order chi connectivity index (χ0) is 24.8. The summed E-state index contributed by atoms with van der Waals surface area (Å²) in [6, 6.07) is 13.6. The average Bonchev–Trinajstić information content (AvgIpc) is 3.12. The molecule has 2 aromatic carbocycles. The van der Waals surface area contributed by atoms with Crippen molar-refractivity contribution in [3.8, 4) is 5.75 Å². The molecule has 0 saturated carbocycles. The molecule has 2 N–H and O–H groups in total. The number of hydrogen-bond donors (Lipinski definition) is 1. The van der Waals surface area contributed by atoms with Crippen molar-refractivity contribution in [2.45, 2.75) is 31.4 Å². The molecule has 4 rings (SSSR count). The van der Waals surface area contributed by atoms with Crippen LogP contribution in [0.4, 0.5) is 0 Å². The Kier molecular flexibility index (Phi) is 8.05. The molecule has 2 atom stereocenters. The maximum absolute atomic E-state index is 12.6. The number of benzene rings is 2. The monoisotopic (exact) mass is 482 g/mol. The molecule has 0 aromatic heterocycles. The molecule has 0 radical (unpaired) electrons. The zero-order valence-corrected chi connectivity index (χ0v) is 20.5. The Morgan fingerprint density at radius 3 is 2.66 bits per heavy atom. The Labute approximate surface area is 206 Å². The Balaban J connectivity index is 1.53. The lowest BCUT2D eigenvalue weighted by Crippen LogP contribution is -2.54. The van der Waals surface area contributed by atoms with Crippen LogP contribution in [-0.4, -0.2) is 63.9 Å². The number of rotatable bonds is 11. The van der Waals surface area contributed by atoms with Crippen LogP contribution in [0, 0.1) is 5.92 Å². The molecule has 188 valence electrons. The fraction of sp³-hybridized carbons (Fsp3) is 0.481. The molecule has 1 amide bonds. The van der Waals surface area contributed by atoms with Crippen molar-refractivity contribution >= 4 is 11.9 Å². The van der Waals surface area contributed by atoms with E-state index in [1.54, 1.807) is 26.4 Å². The van der Waals surface area contributed by atoms with Crippen molar-refractivity contribution in [2.75, 3.05) is 47.1 Å². The summed E-state index contributed by atoms with van der Waals surface area (Å²) in [5.74, 6) is -0.685. The van der Waals surface area contributed by atoms with Gasteiger partial charge in [0.2, 0.25) is 5.91 Å². The summed E-state index contributed by atoms with van der Waals surface area (Å²) < 4.78 is 22.1. The molecule has 2 aliphatic heterocycles. The van der Waals surface area contributed by atoms with E-state index < -0.39 is 17.4 Å². The summed E-state index contributed by atoms with van der Waals surface area (Å²) in [6.07, 6.45) is 2.30. The van der Waals surface area contributed by atoms with Crippen LogP contribution < -0.4 is 10.5 Å².